The third-order valence-corrected chi connectivity index (χ3v) is 3.99. The third kappa shape index (κ3) is 2.93. The fourth-order valence-electron chi connectivity index (χ4n) is 2.81. The van der Waals surface area contributed by atoms with E-state index in [1.165, 1.54) is 11.1 Å². The van der Waals surface area contributed by atoms with Gasteiger partial charge >= 0.3 is 0 Å². The second-order valence-electron chi connectivity index (χ2n) is 5.38. The lowest BCUT2D eigenvalue weighted by Crippen LogP contribution is -2.43. The summed E-state index contributed by atoms with van der Waals surface area (Å²) in [7, 11) is 0. The molecule has 0 amide bonds. The van der Waals surface area contributed by atoms with Gasteiger partial charge in [0, 0.05) is 12.6 Å². The van der Waals surface area contributed by atoms with Crippen LogP contribution in [0.3, 0.4) is 0 Å². The molecule has 2 unspecified atom stereocenters. The standard InChI is InChI=1S/C16H25NO/c1-4-13-6-8-14(9-7-13)16(3)12-15(17-5-2)10-11-18-16/h6-9,15,17H,4-5,10-12H2,1-3H3. The van der Waals surface area contributed by atoms with Crippen molar-refractivity contribution in [2.45, 2.75) is 51.7 Å². The molecule has 1 aliphatic rings. The highest BCUT2D eigenvalue weighted by Crippen LogP contribution is 2.34. The van der Waals surface area contributed by atoms with E-state index in [2.05, 4.69) is 50.4 Å². The minimum atomic E-state index is -0.128. The van der Waals surface area contributed by atoms with Gasteiger partial charge in [-0.2, -0.15) is 0 Å². The van der Waals surface area contributed by atoms with Crippen LogP contribution in [0.25, 0.3) is 0 Å². The largest absolute Gasteiger partial charge is 0.370 e. The summed E-state index contributed by atoms with van der Waals surface area (Å²) in [4.78, 5) is 0. The van der Waals surface area contributed by atoms with Gasteiger partial charge in [0.25, 0.3) is 0 Å². The molecule has 0 bridgehead atoms. The summed E-state index contributed by atoms with van der Waals surface area (Å²) in [6.45, 7) is 8.47. The Hall–Kier alpha value is -0.860. The molecule has 0 radical (unpaired) electrons. The van der Waals surface area contributed by atoms with E-state index in [0.717, 1.165) is 32.4 Å². The van der Waals surface area contributed by atoms with Crippen molar-refractivity contribution in [1.29, 1.82) is 0 Å². The molecule has 2 rings (SSSR count). The van der Waals surface area contributed by atoms with E-state index in [4.69, 9.17) is 4.74 Å². The van der Waals surface area contributed by atoms with Gasteiger partial charge in [-0.15, -0.1) is 0 Å². The van der Waals surface area contributed by atoms with Gasteiger partial charge < -0.3 is 10.1 Å². The van der Waals surface area contributed by atoms with Gasteiger partial charge in [0.2, 0.25) is 0 Å². The summed E-state index contributed by atoms with van der Waals surface area (Å²) in [5.74, 6) is 0. The van der Waals surface area contributed by atoms with Crippen LogP contribution in [0.5, 0.6) is 0 Å². The van der Waals surface area contributed by atoms with Crippen molar-refractivity contribution in [3.8, 4) is 0 Å². The van der Waals surface area contributed by atoms with Gasteiger partial charge in [0.1, 0.15) is 0 Å². The Bertz CT molecular complexity index is 371. The molecule has 0 spiro atoms. The fraction of sp³-hybridized carbons (Fsp3) is 0.625. The van der Waals surface area contributed by atoms with Crippen LogP contribution in [-0.4, -0.2) is 19.2 Å². The number of hydrogen-bond donors (Lipinski definition) is 1. The molecule has 2 atom stereocenters. The van der Waals surface area contributed by atoms with Crippen LogP contribution in [-0.2, 0) is 16.8 Å². The third-order valence-electron chi connectivity index (χ3n) is 3.99. The van der Waals surface area contributed by atoms with Crippen molar-refractivity contribution in [3.05, 3.63) is 35.4 Å². The van der Waals surface area contributed by atoms with Crippen molar-refractivity contribution in [3.63, 3.8) is 0 Å². The number of rotatable bonds is 4. The molecule has 1 aromatic rings. The summed E-state index contributed by atoms with van der Waals surface area (Å²) in [5.41, 5.74) is 2.57. The Labute approximate surface area is 111 Å². The Morgan fingerprint density at radius 2 is 2.00 bits per heavy atom. The topological polar surface area (TPSA) is 21.3 Å². The van der Waals surface area contributed by atoms with Crippen molar-refractivity contribution in [2.24, 2.45) is 0 Å². The van der Waals surface area contributed by atoms with Crippen LogP contribution in [0.15, 0.2) is 24.3 Å². The molecule has 1 aliphatic heterocycles. The molecule has 1 heterocycles. The molecular weight excluding hydrogens is 222 g/mol. The predicted molar refractivity (Wildman–Crippen MR) is 75.8 cm³/mol. The van der Waals surface area contributed by atoms with E-state index in [0.29, 0.717) is 6.04 Å². The van der Waals surface area contributed by atoms with E-state index >= 15 is 0 Å². The molecule has 0 saturated carbocycles. The Morgan fingerprint density at radius 3 is 2.61 bits per heavy atom. The highest BCUT2D eigenvalue weighted by molar-refractivity contribution is 5.27. The van der Waals surface area contributed by atoms with Gasteiger partial charge in [-0.1, -0.05) is 38.1 Å². The van der Waals surface area contributed by atoms with Gasteiger partial charge in [0.05, 0.1) is 5.60 Å². The first-order valence-corrected chi connectivity index (χ1v) is 7.14. The highest BCUT2D eigenvalue weighted by atomic mass is 16.5. The molecule has 18 heavy (non-hydrogen) atoms. The predicted octanol–water partition coefficient (Wildman–Crippen LogP) is 3.25. The van der Waals surface area contributed by atoms with E-state index in [1.807, 2.05) is 0 Å². The molecule has 1 fully saturated rings. The molecule has 2 heteroatoms. The first-order chi connectivity index (χ1) is 8.68. The normalized spacial score (nSPS) is 28.3. The summed E-state index contributed by atoms with van der Waals surface area (Å²) in [5, 5.41) is 3.55. The average Bonchev–Trinajstić information content (AvgIpc) is 2.39. The lowest BCUT2D eigenvalue weighted by atomic mass is 9.85. The van der Waals surface area contributed by atoms with Gasteiger partial charge in [-0.3, -0.25) is 0 Å². The van der Waals surface area contributed by atoms with Crippen LogP contribution in [0.2, 0.25) is 0 Å². The van der Waals surface area contributed by atoms with Gasteiger partial charge in [-0.25, -0.2) is 0 Å². The van der Waals surface area contributed by atoms with Crippen LogP contribution >= 0.6 is 0 Å². The maximum absolute atomic E-state index is 6.06. The smallest absolute Gasteiger partial charge is 0.0918 e. The van der Waals surface area contributed by atoms with Gasteiger partial charge in [-0.05, 0) is 43.9 Å². The van der Waals surface area contributed by atoms with Crippen molar-refractivity contribution in [1.82, 2.24) is 5.32 Å². The number of hydrogen-bond acceptors (Lipinski definition) is 2. The molecule has 2 nitrogen and oxygen atoms in total. The lowest BCUT2D eigenvalue weighted by Gasteiger charge is -2.39. The zero-order valence-electron chi connectivity index (χ0n) is 11.8. The quantitative estimate of drug-likeness (QED) is 0.882. The molecule has 0 aliphatic carbocycles. The molecule has 0 aromatic heterocycles. The summed E-state index contributed by atoms with van der Waals surface area (Å²) in [6, 6.07) is 9.49. The first-order valence-electron chi connectivity index (χ1n) is 7.14. The van der Waals surface area contributed by atoms with Crippen LogP contribution in [0.1, 0.15) is 44.7 Å². The Morgan fingerprint density at radius 1 is 1.28 bits per heavy atom. The van der Waals surface area contributed by atoms with E-state index in [1.54, 1.807) is 0 Å². The van der Waals surface area contributed by atoms with Crippen LogP contribution in [0.4, 0.5) is 0 Å². The van der Waals surface area contributed by atoms with Crippen molar-refractivity contribution >= 4 is 0 Å². The van der Waals surface area contributed by atoms with E-state index in [9.17, 15) is 0 Å². The zero-order chi connectivity index (χ0) is 13.0. The summed E-state index contributed by atoms with van der Waals surface area (Å²) >= 11 is 0. The van der Waals surface area contributed by atoms with E-state index in [-0.39, 0.29) is 5.60 Å². The fourth-order valence-corrected chi connectivity index (χ4v) is 2.81. The zero-order valence-corrected chi connectivity index (χ0v) is 11.8. The molecule has 1 saturated heterocycles. The average molecular weight is 247 g/mol. The minimum Gasteiger partial charge on any atom is -0.370 e. The minimum absolute atomic E-state index is 0.128. The number of aryl methyl sites for hydroxylation is 1. The maximum Gasteiger partial charge on any atom is 0.0918 e. The van der Waals surface area contributed by atoms with Crippen molar-refractivity contribution in [2.75, 3.05) is 13.2 Å². The number of nitrogens with one attached hydrogen (secondary N) is 1. The summed E-state index contributed by atoms with van der Waals surface area (Å²) in [6.07, 6.45) is 3.28. The molecule has 1 N–H and O–H groups in total. The van der Waals surface area contributed by atoms with Crippen LogP contribution < -0.4 is 5.32 Å². The second kappa shape index (κ2) is 5.85. The maximum atomic E-state index is 6.06. The molecular formula is C16H25NO. The Kier molecular flexibility index (Phi) is 4.41. The lowest BCUT2D eigenvalue weighted by molar-refractivity contribution is -0.0810. The second-order valence-corrected chi connectivity index (χ2v) is 5.38. The Balaban J connectivity index is 2.13. The van der Waals surface area contributed by atoms with Crippen LogP contribution in [0, 0.1) is 0 Å². The van der Waals surface area contributed by atoms with Gasteiger partial charge in [0.15, 0.2) is 0 Å². The molecule has 1 aromatic carbocycles. The molecule has 100 valence electrons. The number of benzene rings is 1. The summed E-state index contributed by atoms with van der Waals surface area (Å²) < 4.78 is 6.06. The monoisotopic (exact) mass is 247 g/mol. The van der Waals surface area contributed by atoms with Crippen molar-refractivity contribution < 1.29 is 4.74 Å². The van der Waals surface area contributed by atoms with E-state index < -0.39 is 0 Å². The number of ether oxygens (including phenoxy) is 1. The highest BCUT2D eigenvalue weighted by Gasteiger charge is 2.34. The first kappa shape index (κ1) is 13.6. The SMILES string of the molecule is CCNC1CCOC(C)(c2ccc(CC)cc2)C1.